The van der Waals surface area contributed by atoms with Gasteiger partial charge in [0.1, 0.15) is 11.9 Å². The molecule has 0 aromatic carbocycles. The zero-order chi connectivity index (χ0) is 16.0. The van der Waals surface area contributed by atoms with Crippen LogP contribution in [0, 0.1) is 11.3 Å². The molecule has 3 atom stereocenters. The zero-order valence-electron chi connectivity index (χ0n) is 13.8. The van der Waals surface area contributed by atoms with E-state index in [9.17, 15) is 4.79 Å². The number of aromatic nitrogens is 1. The SMILES string of the molecule is CN(C)c1cc(C(=O)OC2C3CCOC3C23CCCC3)ccn1. The lowest BCUT2D eigenvalue weighted by Crippen LogP contribution is -2.63. The molecule has 5 heteroatoms. The fourth-order valence-electron chi connectivity index (χ4n) is 4.76. The molecule has 4 rings (SSSR count). The van der Waals surface area contributed by atoms with Crippen molar-refractivity contribution in [3.63, 3.8) is 0 Å². The molecular formula is C18H24N2O3. The molecule has 2 saturated carbocycles. The average molecular weight is 316 g/mol. The first-order valence-corrected chi connectivity index (χ1v) is 8.58. The van der Waals surface area contributed by atoms with E-state index in [0.29, 0.717) is 17.6 Å². The molecule has 0 amide bonds. The summed E-state index contributed by atoms with van der Waals surface area (Å²) in [6, 6.07) is 3.53. The van der Waals surface area contributed by atoms with Gasteiger partial charge in [0.2, 0.25) is 0 Å². The maximum atomic E-state index is 12.6. The third-order valence-corrected chi connectivity index (χ3v) is 5.87. The van der Waals surface area contributed by atoms with Crippen molar-refractivity contribution in [2.45, 2.75) is 44.3 Å². The highest BCUT2D eigenvalue weighted by molar-refractivity contribution is 5.90. The normalized spacial score (nSPS) is 30.8. The Morgan fingerprint density at radius 1 is 1.39 bits per heavy atom. The Hall–Kier alpha value is -1.62. The van der Waals surface area contributed by atoms with Crippen molar-refractivity contribution in [1.82, 2.24) is 4.98 Å². The maximum absolute atomic E-state index is 12.6. The predicted octanol–water partition coefficient (Wildman–Crippen LogP) is 2.65. The summed E-state index contributed by atoms with van der Waals surface area (Å²) in [5, 5.41) is 0. The summed E-state index contributed by atoms with van der Waals surface area (Å²) in [4.78, 5) is 18.8. The molecule has 3 unspecified atom stereocenters. The summed E-state index contributed by atoms with van der Waals surface area (Å²) in [6.07, 6.45) is 7.74. The Morgan fingerprint density at radius 3 is 2.91 bits per heavy atom. The van der Waals surface area contributed by atoms with E-state index in [4.69, 9.17) is 9.47 Å². The summed E-state index contributed by atoms with van der Waals surface area (Å²) < 4.78 is 11.9. The predicted molar refractivity (Wildman–Crippen MR) is 86.5 cm³/mol. The van der Waals surface area contributed by atoms with Crippen LogP contribution in [0.4, 0.5) is 5.82 Å². The molecule has 5 nitrogen and oxygen atoms in total. The molecule has 23 heavy (non-hydrogen) atoms. The number of hydrogen-bond acceptors (Lipinski definition) is 5. The number of carbonyl (C=O) groups excluding carboxylic acids is 1. The van der Waals surface area contributed by atoms with E-state index in [1.165, 1.54) is 12.8 Å². The molecule has 1 aliphatic heterocycles. The lowest BCUT2D eigenvalue weighted by Gasteiger charge is -2.55. The van der Waals surface area contributed by atoms with Gasteiger partial charge in [-0.05, 0) is 31.4 Å². The Balaban J connectivity index is 1.53. The number of ether oxygens (including phenoxy) is 2. The molecule has 0 bridgehead atoms. The third kappa shape index (κ3) is 2.24. The van der Waals surface area contributed by atoms with Gasteiger partial charge in [0.05, 0.1) is 11.7 Å². The van der Waals surface area contributed by atoms with E-state index < -0.39 is 0 Å². The van der Waals surface area contributed by atoms with Gasteiger partial charge in [0.15, 0.2) is 0 Å². The van der Waals surface area contributed by atoms with Crippen molar-refractivity contribution in [3.8, 4) is 0 Å². The fraction of sp³-hybridized carbons (Fsp3) is 0.667. The van der Waals surface area contributed by atoms with E-state index in [1.807, 2.05) is 19.0 Å². The molecule has 0 N–H and O–H groups in total. The summed E-state index contributed by atoms with van der Waals surface area (Å²) in [5.74, 6) is 0.940. The van der Waals surface area contributed by atoms with Crippen LogP contribution >= 0.6 is 0 Å². The van der Waals surface area contributed by atoms with Gasteiger partial charge in [0.25, 0.3) is 0 Å². The van der Waals surface area contributed by atoms with Crippen LogP contribution in [0.1, 0.15) is 42.5 Å². The molecule has 3 aliphatic rings. The minimum absolute atomic E-state index is 0.0287. The number of anilines is 1. The van der Waals surface area contributed by atoms with Crippen molar-refractivity contribution in [3.05, 3.63) is 23.9 Å². The first-order chi connectivity index (χ1) is 11.1. The van der Waals surface area contributed by atoms with E-state index in [-0.39, 0.29) is 17.5 Å². The summed E-state index contributed by atoms with van der Waals surface area (Å²) >= 11 is 0. The third-order valence-electron chi connectivity index (χ3n) is 5.87. The van der Waals surface area contributed by atoms with Crippen LogP contribution in [0.5, 0.6) is 0 Å². The topological polar surface area (TPSA) is 51.7 Å². The number of nitrogens with zero attached hydrogens (tertiary/aromatic N) is 2. The standard InChI is InChI=1S/C18H24N2O3/c1-20(2)14-11-12(5-9-19-14)17(21)23-16-13-6-10-22-15(13)18(16)7-3-4-8-18/h5,9,11,13,15-16H,3-4,6-8,10H2,1-2H3. The van der Waals surface area contributed by atoms with E-state index in [1.54, 1.807) is 18.3 Å². The second-order valence-electron chi connectivity index (χ2n) is 7.31. The first-order valence-electron chi connectivity index (χ1n) is 8.58. The molecule has 1 spiro atoms. The van der Waals surface area contributed by atoms with Crippen LogP contribution < -0.4 is 4.90 Å². The van der Waals surface area contributed by atoms with Crippen LogP contribution in [-0.2, 0) is 9.47 Å². The van der Waals surface area contributed by atoms with Gasteiger partial charge >= 0.3 is 5.97 Å². The Labute approximate surface area is 137 Å². The van der Waals surface area contributed by atoms with Gasteiger partial charge in [0, 0.05) is 38.2 Å². The second kappa shape index (κ2) is 5.48. The Bertz CT molecular complexity index is 610. The second-order valence-corrected chi connectivity index (χ2v) is 7.31. The lowest BCUT2D eigenvalue weighted by atomic mass is 9.56. The molecule has 2 heterocycles. The number of esters is 1. The fourth-order valence-corrected chi connectivity index (χ4v) is 4.76. The summed E-state index contributed by atoms with van der Waals surface area (Å²) in [5.41, 5.74) is 0.674. The molecule has 1 aromatic rings. The molecule has 3 fully saturated rings. The van der Waals surface area contributed by atoms with E-state index >= 15 is 0 Å². The Kier molecular flexibility index (Phi) is 3.56. The molecule has 1 saturated heterocycles. The molecule has 124 valence electrons. The molecule has 2 aliphatic carbocycles. The number of fused-ring (bicyclic) bond motifs is 2. The first kappa shape index (κ1) is 14.9. The molecule has 1 aromatic heterocycles. The highest BCUT2D eigenvalue weighted by Crippen LogP contribution is 2.62. The number of hydrogen-bond donors (Lipinski definition) is 0. The van der Waals surface area contributed by atoms with Gasteiger partial charge in [-0.2, -0.15) is 0 Å². The van der Waals surface area contributed by atoms with Crippen LogP contribution in [0.15, 0.2) is 18.3 Å². The molecule has 0 radical (unpaired) electrons. The molecular weight excluding hydrogens is 292 g/mol. The van der Waals surface area contributed by atoms with Crippen molar-refractivity contribution >= 4 is 11.8 Å². The van der Waals surface area contributed by atoms with Crippen LogP contribution in [0.3, 0.4) is 0 Å². The lowest BCUT2D eigenvalue weighted by molar-refractivity contribution is -0.198. The van der Waals surface area contributed by atoms with Crippen molar-refractivity contribution in [2.75, 3.05) is 25.6 Å². The van der Waals surface area contributed by atoms with E-state index in [2.05, 4.69) is 4.98 Å². The van der Waals surface area contributed by atoms with Gasteiger partial charge in [-0.3, -0.25) is 0 Å². The smallest absolute Gasteiger partial charge is 0.338 e. The van der Waals surface area contributed by atoms with Crippen LogP contribution in [-0.4, -0.2) is 43.9 Å². The maximum Gasteiger partial charge on any atom is 0.338 e. The summed E-state index contributed by atoms with van der Waals surface area (Å²) in [6.45, 7) is 0.811. The van der Waals surface area contributed by atoms with Crippen LogP contribution in [0.25, 0.3) is 0 Å². The quantitative estimate of drug-likeness (QED) is 0.803. The zero-order valence-corrected chi connectivity index (χ0v) is 13.8. The van der Waals surface area contributed by atoms with Gasteiger partial charge in [-0.1, -0.05) is 12.8 Å². The van der Waals surface area contributed by atoms with Gasteiger partial charge in [-0.25, -0.2) is 9.78 Å². The monoisotopic (exact) mass is 316 g/mol. The van der Waals surface area contributed by atoms with Gasteiger partial charge < -0.3 is 14.4 Å². The van der Waals surface area contributed by atoms with E-state index in [0.717, 1.165) is 31.7 Å². The minimum atomic E-state index is -0.225. The van der Waals surface area contributed by atoms with Gasteiger partial charge in [-0.15, -0.1) is 0 Å². The highest BCUT2D eigenvalue weighted by Gasteiger charge is 2.66. The minimum Gasteiger partial charge on any atom is -0.458 e. The van der Waals surface area contributed by atoms with Crippen molar-refractivity contribution < 1.29 is 14.3 Å². The number of rotatable bonds is 3. The van der Waals surface area contributed by atoms with Crippen molar-refractivity contribution in [1.29, 1.82) is 0 Å². The van der Waals surface area contributed by atoms with Crippen LogP contribution in [0.2, 0.25) is 0 Å². The number of pyridine rings is 1. The number of carbonyl (C=O) groups is 1. The Morgan fingerprint density at radius 2 is 2.17 bits per heavy atom. The highest BCUT2D eigenvalue weighted by atomic mass is 16.6. The largest absolute Gasteiger partial charge is 0.458 e. The average Bonchev–Trinajstić information content (AvgIpc) is 3.21. The summed E-state index contributed by atoms with van der Waals surface area (Å²) in [7, 11) is 3.83. The van der Waals surface area contributed by atoms with Crippen molar-refractivity contribution in [2.24, 2.45) is 11.3 Å².